The maximum Gasteiger partial charge on any atom is 0.243 e. The van der Waals surface area contributed by atoms with E-state index in [0.717, 1.165) is 68.0 Å². The summed E-state index contributed by atoms with van der Waals surface area (Å²) in [6, 6.07) is 4.71. The summed E-state index contributed by atoms with van der Waals surface area (Å²) in [4.78, 5) is 63.3. The number of rotatable bonds is 12. The summed E-state index contributed by atoms with van der Waals surface area (Å²) in [5.41, 5.74) is 1.69. The fraction of sp³-hybridized carbons (Fsp3) is 0.667. The summed E-state index contributed by atoms with van der Waals surface area (Å²) < 4.78 is 7.30. The first-order valence-corrected chi connectivity index (χ1v) is 17.6. The van der Waals surface area contributed by atoms with E-state index in [4.69, 9.17) is 9.57 Å². The maximum absolute atomic E-state index is 14.1. The monoisotopic (exact) mass is 651 g/mol. The van der Waals surface area contributed by atoms with Gasteiger partial charge in [-0.3, -0.25) is 24.1 Å². The van der Waals surface area contributed by atoms with Gasteiger partial charge in [-0.2, -0.15) is 4.73 Å². The fourth-order valence-electron chi connectivity index (χ4n) is 7.17. The number of hydrogen-bond donors (Lipinski definition) is 3. The van der Waals surface area contributed by atoms with Crippen LogP contribution < -0.4 is 20.8 Å². The number of epoxide rings is 1. The number of Topliss-reactive ketones (excluding diaryl/α,β-unsaturated/α-hetero) is 1. The molecule has 0 radical (unpaired) electrons. The molecule has 0 aliphatic carbocycles. The molecule has 1 aromatic heterocycles. The van der Waals surface area contributed by atoms with Crippen molar-refractivity contribution in [2.45, 2.75) is 121 Å². The highest BCUT2D eigenvalue weighted by atomic mass is 16.6. The highest BCUT2D eigenvalue weighted by Gasteiger charge is 2.42. The molecule has 0 spiro atoms. The Morgan fingerprint density at radius 2 is 1.72 bits per heavy atom. The molecule has 2 aromatic rings. The van der Waals surface area contributed by atoms with Crippen LogP contribution in [0.25, 0.3) is 10.9 Å². The van der Waals surface area contributed by atoms with E-state index in [2.05, 4.69) is 22.9 Å². The van der Waals surface area contributed by atoms with E-state index >= 15 is 0 Å². The number of amides is 3. The lowest BCUT2D eigenvalue weighted by atomic mass is 9.93. The fourth-order valence-corrected chi connectivity index (χ4v) is 7.17. The van der Waals surface area contributed by atoms with Crippen LogP contribution >= 0.6 is 0 Å². The van der Waals surface area contributed by atoms with Crippen LogP contribution in [0.5, 0.6) is 0 Å². The van der Waals surface area contributed by atoms with Crippen molar-refractivity contribution in [3.05, 3.63) is 36.0 Å². The standard InChI is InChI=1S/C36H53N5O6/c1-5-24(3)32-31(42)22-40-19-13-11-17-30(40)35(45)37-27(15-8-7-12-18-36(6-2)23-47-36)33(43)38-28(34(44)39-32)20-25-21-41(46-4)29-16-10-9-14-26(25)29/h9-10,14,16,21,24,27-28,30,32H,5-8,11-13,15,17-20,22-23H2,1-4H3,(H,37,45)(H,38,43)(H,39,44)/t24-,27-,28-,30+,32-,36?/m0/s1. The third-order valence-electron chi connectivity index (χ3n) is 10.6. The maximum atomic E-state index is 14.1. The van der Waals surface area contributed by atoms with Gasteiger partial charge in [-0.05, 0) is 56.2 Å². The number of nitrogens with one attached hydrogen (secondary N) is 3. The lowest BCUT2D eigenvalue weighted by Crippen LogP contribution is -2.57. The number of fused-ring (bicyclic) bond motifs is 2. The molecule has 0 saturated carbocycles. The van der Waals surface area contributed by atoms with Crippen LogP contribution in [-0.4, -0.2) is 89.7 Å². The second kappa shape index (κ2) is 15.6. The van der Waals surface area contributed by atoms with Gasteiger partial charge >= 0.3 is 0 Å². The van der Waals surface area contributed by atoms with Crippen LogP contribution in [0, 0.1) is 5.92 Å². The lowest BCUT2D eigenvalue weighted by molar-refractivity contribution is -0.134. The number of nitrogens with zero attached hydrogens (tertiary/aromatic N) is 2. The number of ketones is 1. The van der Waals surface area contributed by atoms with E-state index < -0.39 is 36.0 Å². The molecular formula is C36H53N5O6. The van der Waals surface area contributed by atoms with Crippen molar-refractivity contribution < 1.29 is 28.8 Å². The Morgan fingerprint density at radius 3 is 2.45 bits per heavy atom. The van der Waals surface area contributed by atoms with Gasteiger partial charge in [0.15, 0.2) is 5.78 Å². The summed E-state index contributed by atoms with van der Waals surface area (Å²) in [6.45, 7) is 7.60. The van der Waals surface area contributed by atoms with Crippen molar-refractivity contribution in [1.82, 2.24) is 25.6 Å². The number of para-hydroxylation sites is 1. The van der Waals surface area contributed by atoms with Crippen molar-refractivity contribution >= 4 is 34.4 Å². The minimum absolute atomic E-state index is 0.0266. The Kier molecular flexibility index (Phi) is 11.6. The minimum Gasteiger partial charge on any atom is -0.417 e. The second-order valence-corrected chi connectivity index (χ2v) is 13.8. The van der Waals surface area contributed by atoms with Crippen molar-refractivity contribution in [3.63, 3.8) is 0 Å². The molecule has 4 heterocycles. The van der Waals surface area contributed by atoms with Crippen LogP contribution in [0.1, 0.15) is 90.5 Å². The van der Waals surface area contributed by atoms with E-state index in [1.54, 1.807) is 11.8 Å². The summed E-state index contributed by atoms with van der Waals surface area (Å²) >= 11 is 0. The van der Waals surface area contributed by atoms with Gasteiger partial charge in [-0.1, -0.05) is 71.1 Å². The van der Waals surface area contributed by atoms with Gasteiger partial charge in [-0.25, -0.2) is 0 Å². The molecule has 5 rings (SSSR count). The van der Waals surface area contributed by atoms with Gasteiger partial charge in [0.2, 0.25) is 17.7 Å². The Labute approximate surface area is 278 Å². The molecule has 3 aliphatic heterocycles. The quantitative estimate of drug-likeness (QED) is 0.237. The predicted octanol–water partition coefficient (Wildman–Crippen LogP) is 3.31. The van der Waals surface area contributed by atoms with Crippen molar-refractivity contribution in [2.75, 3.05) is 26.8 Å². The van der Waals surface area contributed by atoms with E-state index in [1.807, 2.05) is 49.2 Å². The van der Waals surface area contributed by atoms with Crippen LogP contribution in [-0.2, 0) is 30.3 Å². The van der Waals surface area contributed by atoms with Gasteiger partial charge in [0.1, 0.15) is 19.2 Å². The highest BCUT2D eigenvalue weighted by molar-refractivity contribution is 5.97. The molecule has 3 fully saturated rings. The van der Waals surface area contributed by atoms with Gasteiger partial charge < -0.3 is 25.5 Å². The number of ether oxygens (including phenoxy) is 1. The van der Waals surface area contributed by atoms with Crippen LogP contribution in [0.3, 0.4) is 0 Å². The van der Waals surface area contributed by atoms with E-state index in [9.17, 15) is 19.2 Å². The third kappa shape index (κ3) is 8.35. The Morgan fingerprint density at radius 1 is 0.979 bits per heavy atom. The topological polar surface area (TPSA) is 134 Å². The van der Waals surface area contributed by atoms with Crippen molar-refractivity contribution in [1.29, 1.82) is 0 Å². The van der Waals surface area contributed by atoms with E-state index in [1.165, 1.54) is 0 Å². The van der Waals surface area contributed by atoms with Gasteiger partial charge in [0.25, 0.3) is 0 Å². The average Bonchev–Trinajstić information content (AvgIpc) is 3.78. The van der Waals surface area contributed by atoms with Crippen LogP contribution in [0.2, 0.25) is 0 Å². The van der Waals surface area contributed by atoms with Gasteiger partial charge in [0.05, 0.1) is 36.4 Å². The number of piperidine rings is 1. The molecule has 11 heteroatoms. The molecule has 11 nitrogen and oxygen atoms in total. The van der Waals surface area contributed by atoms with E-state index in [-0.39, 0.29) is 36.2 Å². The molecule has 3 N–H and O–H groups in total. The molecule has 1 unspecified atom stereocenters. The number of unbranched alkanes of at least 4 members (excludes halogenated alkanes) is 2. The summed E-state index contributed by atoms with van der Waals surface area (Å²) in [6.07, 6.45) is 10.2. The highest BCUT2D eigenvalue weighted by Crippen LogP contribution is 2.36. The third-order valence-corrected chi connectivity index (χ3v) is 10.6. The molecular weight excluding hydrogens is 598 g/mol. The molecule has 47 heavy (non-hydrogen) atoms. The van der Waals surface area contributed by atoms with Crippen LogP contribution in [0.15, 0.2) is 30.5 Å². The Hall–Kier alpha value is -3.44. The largest absolute Gasteiger partial charge is 0.417 e. The summed E-state index contributed by atoms with van der Waals surface area (Å²) in [5.74, 6) is -1.28. The van der Waals surface area contributed by atoms with Gasteiger partial charge in [-0.15, -0.1) is 0 Å². The molecule has 258 valence electrons. The molecule has 3 saturated heterocycles. The minimum atomic E-state index is -0.975. The number of carbonyl (C=O) groups is 4. The van der Waals surface area contributed by atoms with Crippen LogP contribution in [0.4, 0.5) is 0 Å². The first kappa shape index (κ1) is 34.9. The molecule has 3 amide bonds. The number of benzene rings is 1. The zero-order valence-corrected chi connectivity index (χ0v) is 28.5. The predicted molar refractivity (Wildman–Crippen MR) is 180 cm³/mol. The summed E-state index contributed by atoms with van der Waals surface area (Å²) in [5, 5.41) is 10.00. The van der Waals surface area contributed by atoms with Gasteiger partial charge in [0, 0.05) is 18.0 Å². The normalized spacial score (nSPS) is 28.3. The molecule has 6 atom stereocenters. The Balaban J connectivity index is 1.42. The lowest BCUT2D eigenvalue weighted by Gasteiger charge is -2.36. The number of hydrogen-bond acceptors (Lipinski definition) is 7. The second-order valence-electron chi connectivity index (χ2n) is 13.8. The molecule has 3 aliphatic rings. The SMILES string of the molecule is CC[C@H](C)[C@@H]1NC(=O)[C@H](Cc2cn(OC)c3ccccc23)NC(=O)[C@H](CCCCCC2(CC)CO2)NC(=O)[C@H]2CCCCN2CC1=O. The average molecular weight is 652 g/mol. The zero-order chi connectivity index (χ0) is 33.6. The number of aromatic nitrogens is 1. The smallest absolute Gasteiger partial charge is 0.243 e. The van der Waals surface area contributed by atoms with Crippen molar-refractivity contribution in [3.8, 4) is 0 Å². The number of carbonyl (C=O) groups excluding carboxylic acids is 4. The Bertz CT molecular complexity index is 1420. The zero-order valence-electron chi connectivity index (χ0n) is 28.5. The van der Waals surface area contributed by atoms with E-state index in [0.29, 0.717) is 25.8 Å². The molecule has 0 bridgehead atoms. The summed E-state index contributed by atoms with van der Waals surface area (Å²) in [7, 11) is 1.58. The molecule has 1 aromatic carbocycles. The van der Waals surface area contributed by atoms with Crippen molar-refractivity contribution in [2.24, 2.45) is 5.92 Å². The first-order valence-electron chi connectivity index (χ1n) is 17.6. The first-order chi connectivity index (χ1) is 22.7.